The van der Waals surface area contributed by atoms with Crippen LogP contribution in [0.2, 0.25) is 0 Å². The first kappa shape index (κ1) is 28.0. The van der Waals surface area contributed by atoms with Gasteiger partial charge in [0.15, 0.2) is 0 Å². The molecule has 3 aromatic heterocycles. The molecule has 11 aromatic rings. The number of fused-ring (bicyclic) bond motifs is 9. The van der Waals surface area contributed by atoms with Crippen molar-refractivity contribution in [2.75, 3.05) is 0 Å². The Bertz CT molecular complexity index is 3010. The molecule has 8 aromatic carbocycles. The quantitative estimate of drug-likeness (QED) is 0.180. The fourth-order valence-electron chi connectivity index (χ4n) is 8.45. The van der Waals surface area contributed by atoms with Crippen LogP contribution >= 0.6 is 0 Å². The Morgan fingerprint density at radius 3 is 1.16 bits per heavy atom. The molecule has 11 rings (SSSR count). The second-order valence-electron chi connectivity index (χ2n) is 13.4. The number of aromatic nitrogens is 3. The Hall–Kier alpha value is -6.84. The third-order valence-electron chi connectivity index (χ3n) is 10.6. The van der Waals surface area contributed by atoms with Gasteiger partial charge in [-0.3, -0.25) is 0 Å². The fraction of sp³-hybridized carbons (Fsp3) is 0. The van der Waals surface area contributed by atoms with Crippen LogP contribution in [0, 0.1) is 0 Å². The van der Waals surface area contributed by atoms with Crippen molar-refractivity contribution in [3.8, 4) is 28.2 Å². The summed E-state index contributed by atoms with van der Waals surface area (Å²) in [5, 5.41) is 7.45. The van der Waals surface area contributed by atoms with Crippen molar-refractivity contribution in [3.63, 3.8) is 0 Å². The number of hydrogen-bond donors (Lipinski definition) is 0. The van der Waals surface area contributed by atoms with Gasteiger partial charge in [0, 0.05) is 43.7 Å². The molecule has 0 atom stereocenters. The van der Waals surface area contributed by atoms with Gasteiger partial charge in [0.05, 0.1) is 38.8 Å². The highest BCUT2D eigenvalue weighted by Gasteiger charge is 2.23. The van der Waals surface area contributed by atoms with Crippen molar-refractivity contribution >= 4 is 65.4 Å². The SMILES string of the molecule is c1ccc(-c2ccc(-n3c4ccccc4c4cc(-n5c6ccccc6c6ccccc65)cc(-n5c6ccccc6c6ccccc65)c43)cc2)cc1. The maximum absolute atomic E-state index is 2.48. The molecule has 0 saturated heterocycles. The molecule has 3 heteroatoms. The minimum Gasteiger partial charge on any atom is -0.309 e. The van der Waals surface area contributed by atoms with Gasteiger partial charge in [-0.05, 0) is 65.7 Å². The zero-order chi connectivity index (χ0) is 33.5. The molecule has 0 saturated carbocycles. The normalized spacial score (nSPS) is 11.9. The van der Waals surface area contributed by atoms with Crippen molar-refractivity contribution < 1.29 is 0 Å². The Morgan fingerprint density at radius 1 is 0.255 bits per heavy atom. The number of para-hydroxylation sites is 5. The highest BCUT2D eigenvalue weighted by molar-refractivity contribution is 6.16. The number of benzene rings is 8. The minimum absolute atomic E-state index is 1.13. The van der Waals surface area contributed by atoms with Gasteiger partial charge in [0.1, 0.15) is 0 Å². The highest BCUT2D eigenvalue weighted by Crippen LogP contribution is 2.42. The molecule has 0 fully saturated rings. The Labute approximate surface area is 294 Å². The van der Waals surface area contributed by atoms with Gasteiger partial charge >= 0.3 is 0 Å². The van der Waals surface area contributed by atoms with E-state index >= 15 is 0 Å². The molecule has 3 nitrogen and oxygen atoms in total. The van der Waals surface area contributed by atoms with Crippen molar-refractivity contribution in [2.24, 2.45) is 0 Å². The van der Waals surface area contributed by atoms with Crippen molar-refractivity contribution in [2.45, 2.75) is 0 Å². The molecule has 0 amide bonds. The largest absolute Gasteiger partial charge is 0.309 e. The van der Waals surface area contributed by atoms with E-state index in [1.165, 1.54) is 76.5 Å². The van der Waals surface area contributed by atoms with Crippen molar-refractivity contribution in [1.29, 1.82) is 0 Å². The number of hydrogen-bond acceptors (Lipinski definition) is 0. The molecule has 238 valence electrons. The van der Waals surface area contributed by atoms with Crippen LogP contribution in [0.15, 0.2) is 188 Å². The second-order valence-corrected chi connectivity index (χ2v) is 13.4. The van der Waals surface area contributed by atoms with E-state index in [4.69, 9.17) is 0 Å². The summed E-state index contributed by atoms with van der Waals surface area (Å²) < 4.78 is 7.40. The Balaban J connectivity index is 1.31. The number of nitrogens with zero attached hydrogens (tertiary/aromatic N) is 3. The standard InChI is InChI=1S/C48H31N3/c1-2-14-32(15-3-1)33-26-28-34(29-27-33)50-44-23-11-8-20-40(44)41-30-35(49-42-21-9-4-16-36(42)37-17-5-10-22-43(37)49)31-47(48(41)50)51-45-24-12-6-18-38(45)39-19-7-13-25-46(39)51/h1-31H. The summed E-state index contributed by atoms with van der Waals surface area (Å²) in [6, 6.07) is 68.5. The number of rotatable bonds is 4. The topological polar surface area (TPSA) is 14.8 Å². The van der Waals surface area contributed by atoms with Crippen LogP contribution in [0.4, 0.5) is 0 Å². The zero-order valence-electron chi connectivity index (χ0n) is 27.7. The summed E-state index contributed by atoms with van der Waals surface area (Å²) in [5.74, 6) is 0. The third-order valence-corrected chi connectivity index (χ3v) is 10.6. The first-order valence-corrected chi connectivity index (χ1v) is 17.5. The van der Waals surface area contributed by atoms with Crippen LogP contribution in [-0.4, -0.2) is 13.7 Å². The van der Waals surface area contributed by atoms with Crippen molar-refractivity contribution in [1.82, 2.24) is 13.7 Å². The predicted molar refractivity (Wildman–Crippen MR) is 215 cm³/mol. The van der Waals surface area contributed by atoms with E-state index in [1.807, 2.05) is 0 Å². The van der Waals surface area contributed by atoms with Crippen LogP contribution < -0.4 is 0 Å². The van der Waals surface area contributed by atoms with Gasteiger partial charge in [0.25, 0.3) is 0 Å². The Kier molecular flexibility index (Phi) is 5.96. The van der Waals surface area contributed by atoms with Gasteiger partial charge in [-0.15, -0.1) is 0 Å². The van der Waals surface area contributed by atoms with Crippen LogP contribution in [-0.2, 0) is 0 Å². The molecule has 0 aliphatic heterocycles. The summed E-state index contributed by atoms with van der Waals surface area (Å²) >= 11 is 0. The van der Waals surface area contributed by atoms with Gasteiger partial charge in [-0.1, -0.05) is 133 Å². The monoisotopic (exact) mass is 649 g/mol. The van der Waals surface area contributed by atoms with E-state index in [0.29, 0.717) is 0 Å². The molecule has 3 heterocycles. The molecule has 51 heavy (non-hydrogen) atoms. The lowest BCUT2D eigenvalue weighted by Gasteiger charge is -2.17. The third kappa shape index (κ3) is 4.06. The van der Waals surface area contributed by atoms with Gasteiger partial charge < -0.3 is 13.7 Å². The first-order valence-electron chi connectivity index (χ1n) is 17.5. The average Bonchev–Trinajstić information content (AvgIpc) is 3.84. The van der Waals surface area contributed by atoms with Crippen LogP contribution in [0.3, 0.4) is 0 Å². The van der Waals surface area contributed by atoms with Gasteiger partial charge in [-0.2, -0.15) is 0 Å². The predicted octanol–water partition coefficient (Wildman–Crippen LogP) is 12.6. The maximum Gasteiger partial charge on any atom is 0.0784 e. The minimum atomic E-state index is 1.13. The molecule has 0 aliphatic carbocycles. The molecule has 0 spiro atoms. The van der Waals surface area contributed by atoms with E-state index < -0.39 is 0 Å². The van der Waals surface area contributed by atoms with Crippen LogP contribution in [0.5, 0.6) is 0 Å². The molecule has 0 N–H and O–H groups in total. The molecular formula is C48H31N3. The van der Waals surface area contributed by atoms with Gasteiger partial charge in [-0.25, -0.2) is 0 Å². The van der Waals surface area contributed by atoms with Crippen LogP contribution in [0.25, 0.3) is 93.6 Å². The lowest BCUT2D eigenvalue weighted by atomic mass is 10.1. The molecule has 0 radical (unpaired) electrons. The zero-order valence-corrected chi connectivity index (χ0v) is 27.7. The molecule has 0 aliphatic rings. The first-order chi connectivity index (χ1) is 25.3. The molecule has 0 unspecified atom stereocenters. The summed E-state index contributed by atoms with van der Waals surface area (Å²) in [7, 11) is 0. The van der Waals surface area contributed by atoms with E-state index in [9.17, 15) is 0 Å². The lowest BCUT2D eigenvalue weighted by molar-refractivity contribution is 1.11. The summed E-state index contributed by atoms with van der Waals surface area (Å²) in [4.78, 5) is 0. The van der Waals surface area contributed by atoms with E-state index in [0.717, 1.165) is 17.1 Å². The summed E-state index contributed by atoms with van der Waals surface area (Å²) in [6.45, 7) is 0. The van der Waals surface area contributed by atoms with E-state index in [2.05, 4.69) is 202 Å². The van der Waals surface area contributed by atoms with E-state index in [1.54, 1.807) is 0 Å². The van der Waals surface area contributed by atoms with Crippen LogP contribution in [0.1, 0.15) is 0 Å². The summed E-state index contributed by atoms with van der Waals surface area (Å²) in [6.07, 6.45) is 0. The maximum atomic E-state index is 2.48. The van der Waals surface area contributed by atoms with E-state index in [-0.39, 0.29) is 0 Å². The highest BCUT2D eigenvalue weighted by atomic mass is 15.1. The van der Waals surface area contributed by atoms with Gasteiger partial charge in [0.2, 0.25) is 0 Å². The second kappa shape index (κ2) is 10.8. The molecular weight excluding hydrogens is 619 g/mol. The van der Waals surface area contributed by atoms with Crippen molar-refractivity contribution in [3.05, 3.63) is 188 Å². The smallest absolute Gasteiger partial charge is 0.0784 e. The fourth-order valence-corrected chi connectivity index (χ4v) is 8.45. The lowest BCUT2D eigenvalue weighted by Crippen LogP contribution is -2.03. The molecule has 0 bridgehead atoms. The average molecular weight is 650 g/mol. The summed E-state index contributed by atoms with van der Waals surface area (Å²) in [5.41, 5.74) is 13.0. The Morgan fingerprint density at radius 2 is 0.647 bits per heavy atom.